The fraction of sp³-hybridized carbons (Fsp3) is 0.600. The van der Waals surface area contributed by atoms with Crippen molar-refractivity contribution in [2.75, 3.05) is 32.3 Å². The molecule has 2 unspecified atom stereocenters. The summed E-state index contributed by atoms with van der Waals surface area (Å²) in [6.45, 7) is 0.904. The van der Waals surface area contributed by atoms with Crippen LogP contribution in [0.2, 0.25) is 0 Å². The molecule has 1 aromatic rings. The molecule has 1 heterocycles. The molecule has 0 aliphatic carbocycles. The normalized spacial score (nSPS) is 19.9. The minimum Gasteiger partial charge on any atom is -0.497 e. The second kappa shape index (κ2) is 7.76. The Morgan fingerprint density at radius 2 is 2.25 bits per heavy atom. The fourth-order valence-electron chi connectivity index (χ4n) is 2.32. The van der Waals surface area contributed by atoms with Crippen molar-refractivity contribution < 1.29 is 14.2 Å². The van der Waals surface area contributed by atoms with Gasteiger partial charge in [0.1, 0.15) is 11.5 Å². The van der Waals surface area contributed by atoms with E-state index in [0.717, 1.165) is 35.2 Å². The van der Waals surface area contributed by atoms with E-state index in [9.17, 15) is 0 Å². The maximum Gasteiger partial charge on any atom is 0.123 e. The van der Waals surface area contributed by atoms with Gasteiger partial charge in [0.2, 0.25) is 0 Å². The Labute approximate surface area is 125 Å². The molecule has 0 saturated carbocycles. The second-order valence-electron chi connectivity index (χ2n) is 4.89. The molecule has 2 atom stereocenters. The number of benzene rings is 1. The number of rotatable bonds is 7. The molecule has 2 N–H and O–H groups in total. The number of ether oxygens (including phenoxy) is 3. The summed E-state index contributed by atoms with van der Waals surface area (Å²) >= 11 is 1.84. The molecular weight excluding hydrogens is 274 g/mol. The lowest BCUT2D eigenvalue weighted by atomic mass is 10.1. The zero-order chi connectivity index (χ0) is 14.4. The van der Waals surface area contributed by atoms with Gasteiger partial charge in [0, 0.05) is 29.7 Å². The summed E-state index contributed by atoms with van der Waals surface area (Å²) in [6, 6.07) is 5.68. The van der Waals surface area contributed by atoms with Crippen LogP contribution in [-0.4, -0.2) is 38.4 Å². The first-order valence-electron chi connectivity index (χ1n) is 6.91. The molecule has 0 radical (unpaired) electrons. The molecule has 0 aromatic heterocycles. The summed E-state index contributed by atoms with van der Waals surface area (Å²) in [5, 5.41) is 0. The first-order valence-corrected chi connectivity index (χ1v) is 8.07. The van der Waals surface area contributed by atoms with Crippen LogP contribution in [0.4, 0.5) is 0 Å². The number of thioether (sulfide) groups is 1. The van der Waals surface area contributed by atoms with Crippen molar-refractivity contribution in [3.63, 3.8) is 0 Å². The third-order valence-electron chi connectivity index (χ3n) is 3.46. The molecule has 112 valence electrons. The summed E-state index contributed by atoms with van der Waals surface area (Å²) < 4.78 is 16.2. The van der Waals surface area contributed by atoms with Gasteiger partial charge >= 0.3 is 0 Å². The van der Waals surface area contributed by atoms with E-state index in [1.165, 1.54) is 12.8 Å². The van der Waals surface area contributed by atoms with Gasteiger partial charge in [-0.2, -0.15) is 11.8 Å². The van der Waals surface area contributed by atoms with E-state index in [1.807, 2.05) is 30.0 Å². The van der Waals surface area contributed by atoms with E-state index in [-0.39, 0.29) is 6.04 Å². The van der Waals surface area contributed by atoms with Crippen LogP contribution < -0.4 is 15.2 Å². The molecule has 0 bridgehead atoms. The fourth-order valence-corrected chi connectivity index (χ4v) is 3.42. The van der Waals surface area contributed by atoms with Crippen molar-refractivity contribution in [2.45, 2.75) is 25.0 Å². The molecule has 0 amide bonds. The highest BCUT2D eigenvalue weighted by molar-refractivity contribution is 7.99. The Morgan fingerprint density at radius 1 is 1.40 bits per heavy atom. The van der Waals surface area contributed by atoms with Crippen LogP contribution in [0.5, 0.6) is 11.5 Å². The second-order valence-corrected chi connectivity index (χ2v) is 5.96. The monoisotopic (exact) mass is 297 g/mol. The predicted octanol–water partition coefficient (Wildman–Crippen LogP) is 2.62. The molecule has 2 rings (SSSR count). The van der Waals surface area contributed by atoms with Crippen LogP contribution >= 0.6 is 11.8 Å². The molecule has 4 nitrogen and oxygen atoms in total. The quantitative estimate of drug-likeness (QED) is 0.838. The van der Waals surface area contributed by atoms with E-state index in [2.05, 4.69) is 0 Å². The Bertz CT molecular complexity index is 422. The van der Waals surface area contributed by atoms with Gasteiger partial charge in [-0.15, -0.1) is 0 Å². The molecule has 5 heteroatoms. The number of methoxy groups -OCH3 is 2. The maximum absolute atomic E-state index is 6.28. The highest BCUT2D eigenvalue weighted by atomic mass is 32.2. The summed E-state index contributed by atoms with van der Waals surface area (Å²) in [4.78, 5) is 0. The third-order valence-corrected chi connectivity index (χ3v) is 4.66. The van der Waals surface area contributed by atoms with E-state index < -0.39 is 0 Å². The number of hydrogen-bond acceptors (Lipinski definition) is 5. The van der Waals surface area contributed by atoms with Crippen LogP contribution in [0.1, 0.15) is 24.4 Å². The summed E-state index contributed by atoms with van der Waals surface area (Å²) in [5.41, 5.74) is 7.27. The zero-order valence-electron chi connectivity index (χ0n) is 12.1. The Hall–Kier alpha value is -0.910. The highest BCUT2D eigenvalue weighted by Gasteiger charge is 2.17. The first kappa shape index (κ1) is 15.5. The molecule has 20 heavy (non-hydrogen) atoms. The van der Waals surface area contributed by atoms with E-state index in [1.54, 1.807) is 14.2 Å². The predicted molar refractivity (Wildman–Crippen MR) is 82.8 cm³/mol. The van der Waals surface area contributed by atoms with Gasteiger partial charge in [0.05, 0.1) is 20.3 Å². The Balaban J connectivity index is 1.91. The van der Waals surface area contributed by atoms with Gasteiger partial charge < -0.3 is 19.9 Å². The third kappa shape index (κ3) is 4.04. The average Bonchev–Trinajstić information content (AvgIpc) is 2.99. The lowest BCUT2D eigenvalue weighted by molar-refractivity contribution is 0.129. The average molecular weight is 297 g/mol. The summed E-state index contributed by atoms with van der Waals surface area (Å²) in [7, 11) is 3.32. The SMILES string of the molecule is COc1ccc(OC)c(C(N)CSCC2CCCO2)c1. The molecule has 1 aliphatic heterocycles. The van der Waals surface area contributed by atoms with E-state index in [4.69, 9.17) is 19.9 Å². The van der Waals surface area contributed by atoms with Gasteiger partial charge in [0.15, 0.2) is 0 Å². The van der Waals surface area contributed by atoms with Gasteiger partial charge in [-0.3, -0.25) is 0 Å². The van der Waals surface area contributed by atoms with Crippen molar-refractivity contribution in [3.8, 4) is 11.5 Å². The molecule has 1 aliphatic rings. The van der Waals surface area contributed by atoms with Crippen LogP contribution in [-0.2, 0) is 4.74 Å². The topological polar surface area (TPSA) is 53.7 Å². The maximum atomic E-state index is 6.28. The van der Waals surface area contributed by atoms with Gasteiger partial charge in [0.25, 0.3) is 0 Å². The Kier molecular flexibility index (Phi) is 6.01. The van der Waals surface area contributed by atoms with Crippen LogP contribution in [0, 0.1) is 0 Å². The molecule has 1 aromatic carbocycles. The van der Waals surface area contributed by atoms with E-state index in [0.29, 0.717) is 6.10 Å². The van der Waals surface area contributed by atoms with Gasteiger partial charge in [-0.25, -0.2) is 0 Å². The van der Waals surface area contributed by atoms with Crippen molar-refractivity contribution in [2.24, 2.45) is 5.73 Å². The van der Waals surface area contributed by atoms with Crippen LogP contribution in [0.3, 0.4) is 0 Å². The lowest BCUT2D eigenvalue weighted by Crippen LogP contribution is -2.16. The standard InChI is InChI=1S/C15H23NO3S/c1-17-11-5-6-15(18-2)13(8-11)14(16)10-20-9-12-4-3-7-19-12/h5-6,8,12,14H,3-4,7,9-10,16H2,1-2H3. The number of hydrogen-bond donors (Lipinski definition) is 1. The molecule has 1 saturated heterocycles. The number of nitrogens with two attached hydrogens (primary N) is 1. The van der Waals surface area contributed by atoms with Crippen LogP contribution in [0.15, 0.2) is 18.2 Å². The Morgan fingerprint density at radius 3 is 2.90 bits per heavy atom. The van der Waals surface area contributed by atoms with Gasteiger partial charge in [-0.1, -0.05) is 0 Å². The minimum absolute atomic E-state index is 0.0635. The van der Waals surface area contributed by atoms with Crippen molar-refractivity contribution in [1.82, 2.24) is 0 Å². The van der Waals surface area contributed by atoms with Crippen molar-refractivity contribution >= 4 is 11.8 Å². The summed E-state index contributed by atoms with van der Waals surface area (Å²) in [6.07, 6.45) is 2.76. The highest BCUT2D eigenvalue weighted by Crippen LogP contribution is 2.30. The molecular formula is C15H23NO3S. The first-order chi connectivity index (χ1) is 9.74. The minimum atomic E-state index is -0.0635. The van der Waals surface area contributed by atoms with Crippen molar-refractivity contribution in [1.29, 1.82) is 0 Å². The van der Waals surface area contributed by atoms with Crippen molar-refractivity contribution in [3.05, 3.63) is 23.8 Å². The van der Waals surface area contributed by atoms with Crippen LogP contribution in [0.25, 0.3) is 0 Å². The van der Waals surface area contributed by atoms with E-state index >= 15 is 0 Å². The lowest BCUT2D eigenvalue weighted by Gasteiger charge is -2.17. The molecule has 1 fully saturated rings. The van der Waals surface area contributed by atoms with Gasteiger partial charge in [-0.05, 0) is 31.0 Å². The zero-order valence-corrected chi connectivity index (χ0v) is 12.9. The smallest absolute Gasteiger partial charge is 0.123 e. The summed E-state index contributed by atoms with van der Waals surface area (Å²) in [5.74, 6) is 3.49. The molecule has 0 spiro atoms. The largest absolute Gasteiger partial charge is 0.497 e.